The van der Waals surface area contributed by atoms with E-state index in [9.17, 15) is 4.79 Å². The Kier molecular flexibility index (Phi) is 4.78. The van der Waals surface area contributed by atoms with Gasteiger partial charge in [-0.1, -0.05) is 6.92 Å². The van der Waals surface area contributed by atoms with Crippen molar-refractivity contribution in [1.29, 1.82) is 0 Å². The second kappa shape index (κ2) is 5.67. The van der Waals surface area contributed by atoms with Crippen molar-refractivity contribution in [2.24, 2.45) is 11.3 Å². The van der Waals surface area contributed by atoms with E-state index in [-0.39, 0.29) is 0 Å². The molecule has 1 N–H and O–H groups in total. The van der Waals surface area contributed by atoms with Crippen molar-refractivity contribution in [1.82, 2.24) is 4.90 Å². The van der Waals surface area contributed by atoms with E-state index in [4.69, 9.17) is 5.11 Å². The Morgan fingerprint density at radius 3 is 2.75 bits per heavy atom. The Hall–Kier alpha value is -0.570. The van der Waals surface area contributed by atoms with Crippen LogP contribution in [0, 0.1) is 11.3 Å². The first-order valence-corrected chi connectivity index (χ1v) is 6.37. The van der Waals surface area contributed by atoms with Crippen molar-refractivity contribution in [2.45, 2.75) is 46.5 Å². The van der Waals surface area contributed by atoms with Crippen LogP contribution in [0.5, 0.6) is 0 Å². The third-order valence-corrected chi connectivity index (χ3v) is 3.60. The van der Waals surface area contributed by atoms with E-state index in [0.717, 1.165) is 25.3 Å². The Labute approximate surface area is 98.8 Å². The van der Waals surface area contributed by atoms with Crippen molar-refractivity contribution in [3.63, 3.8) is 0 Å². The molecule has 0 radical (unpaired) electrons. The SMILES string of the molecule is CC1CCCN(CCCC(C)(C)C(=O)O)C1. The van der Waals surface area contributed by atoms with Gasteiger partial charge in [-0.3, -0.25) is 4.79 Å². The van der Waals surface area contributed by atoms with Crippen molar-refractivity contribution in [3.05, 3.63) is 0 Å². The molecule has 0 aromatic rings. The van der Waals surface area contributed by atoms with Crippen molar-refractivity contribution < 1.29 is 9.90 Å². The number of carboxylic acids is 1. The van der Waals surface area contributed by atoms with Crippen LogP contribution in [0.1, 0.15) is 46.5 Å². The highest BCUT2D eigenvalue weighted by Gasteiger charge is 2.26. The lowest BCUT2D eigenvalue weighted by Gasteiger charge is -2.31. The first kappa shape index (κ1) is 13.5. The topological polar surface area (TPSA) is 40.5 Å². The maximum atomic E-state index is 10.9. The van der Waals surface area contributed by atoms with Crippen LogP contribution in [0.3, 0.4) is 0 Å². The van der Waals surface area contributed by atoms with Gasteiger partial charge in [-0.05, 0) is 58.5 Å². The molecule has 0 spiro atoms. The first-order valence-electron chi connectivity index (χ1n) is 6.37. The predicted molar refractivity (Wildman–Crippen MR) is 65.5 cm³/mol. The van der Waals surface area contributed by atoms with Gasteiger partial charge < -0.3 is 10.0 Å². The first-order chi connectivity index (χ1) is 7.42. The zero-order valence-electron chi connectivity index (χ0n) is 10.8. The summed E-state index contributed by atoms with van der Waals surface area (Å²) < 4.78 is 0. The van der Waals surface area contributed by atoms with Crippen LogP contribution in [-0.2, 0) is 4.79 Å². The second-order valence-electron chi connectivity index (χ2n) is 5.84. The molecule has 0 amide bonds. The third-order valence-electron chi connectivity index (χ3n) is 3.60. The van der Waals surface area contributed by atoms with E-state index in [1.807, 2.05) is 13.8 Å². The second-order valence-corrected chi connectivity index (χ2v) is 5.84. The van der Waals surface area contributed by atoms with Gasteiger partial charge in [-0.15, -0.1) is 0 Å². The summed E-state index contributed by atoms with van der Waals surface area (Å²) >= 11 is 0. The van der Waals surface area contributed by atoms with Gasteiger partial charge in [0.15, 0.2) is 0 Å². The Morgan fingerprint density at radius 1 is 1.50 bits per heavy atom. The summed E-state index contributed by atoms with van der Waals surface area (Å²) in [4.78, 5) is 13.4. The Bertz CT molecular complexity index is 238. The average Bonchev–Trinajstić information content (AvgIpc) is 2.17. The van der Waals surface area contributed by atoms with Crippen molar-refractivity contribution in [3.8, 4) is 0 Å². The number of likely N-dealkylation sites (tertiary alicyclic amines) is 1. The quantitative estimate of drug-likeness (QED) is 0.785. The van der Waals surface area contributed by atoms with Crippen LogP contribution >= 0.6 is 0 Å². The van der Waals surface area contributed by atoms with Gasteiger partial charge in [-0.25, -0.2) is 0 Å². The summed E-state index contributed by atoms with van der Waals surface area (Å²) in [6.45, 7) is 9.36. The number of piperidine rings is 1. The number of hydrogen-bond acceptors (Lipinski definition) is 2. The fraction of sp³-hybridized carbons (Fsp3) is 0.923. The summed E-state index contributed by atoms with van der Waals surface area (Å²) in [6.07, 6.45) is 4.40. The Morgan fingerprint density at radius 2 is 2.19 bits per heavy atom. The summed E-state index contributed by atoms with van der Waals surface area (Å²) in [6, 6.07) is 0. The normalized spacial score (nSPS) is 23.3. The molecule has 1 rings (SSSR count). The highest BCUT2D eigenvalue weighted by Crippen LogP contribution is 2.23. The molecule has 0 aliphatic carbocycles. The number of carbonyl (C=O) groups is 1. The number of carboxylic acid groups (broad SMARTS) is 1. The van der Waals surface area contributed by atoms with E-state index in [1.54, 1.807) is 0 Å². The molecule has 0 aromatic heterocycles. The minimum absolute atomic E-state index is 0.568. The van der Waals surface area contributed by atoms with E-state index in [2.05, 4.69) is 11.8 Å². The van der Waals surface area contributed by atoms with Crippen LogP contribution < -0.4 is 0 Å². The van der Waals surface area contributed by atoms with Gasteiger partial charge >= 0.3 is 5.97 Å². The molecule has 94 valence electrons. The number of rotatable bonds is 5. The molecule has 1 saturated heterocycles. The van der Waals surface area contributed by atoms with Gasteiger partial charge in [0.2, 0.25) is 0 Å². The molecule has 1 unspecified atom stereocenters. The summed E-state index contributed by atoms with van der Waals surface area (Å²) in [5.74, 6) is 0.126. The molecule has 1 atom stereocenters. The molecule has 16 heavy (non-hydrogen) atoms. The average molecular weight is 227 g/mol. The third kappa shape index (κ3) is 4.12. The van der Waals surface area contributed by atoms with Crippen molar-refractivity contribution in [2.75, 3.05) is 19.6 Å². The Balaban J connectivity index is 2.22. The van der Waals surface area contributed by atoms with E-state index >= 15 is 0 Å². The van der Waals surface area contributed by atoms with E-state index in [0.29, 0.717) is 0 Å². The van der Waals surface area contributed by atoms with Gasteiger partial charge in [0.1, 0.15) is 0 Å². The standard InChI is InChI=1S/C13H25NO2/c1-11-6-4-8-14(10-11)9-5-7-13(2,3)12(15)16/h11H,4-10H2,1-3H3,(H,15,16). The smallest absolute Gasteiger partial charge is 0.309 e. The molecule has 1 aliphatic heterocycles. The minimum Gasteiger partial charge on any atom is -0.481 e. The van der Waals surface area contributed by atoms with Gasteiger partial charge in [-0.2, -0.15) is 0 Å². The summed E-state index contributed by atoms with van der Waals surface area (Å²) in [5, 5.41) is 9.01. The molecule has 1 heterocycles. The van der Waals surface area contributed by atoms with Crippen LogP contribution in [0.25, 0.3) is 0 Å². The fourth-order valence-corrected chi connectivity index (χ4v) is 2.34. The summed E-state index contributed by atoms with van der Waals surface area (Å²) in [5.41, 5.74) is -0.568. The zero-order valence-corrected chi connectivity index (χ0v) is 10.8. The largest absolute Gasteiger partial charge is 0.481 e. The molecule has 3 heteroatoms. The minimum atomic E-state index is -0.681. The lowest BCUT2D eigenvalue weighted by molar-refractivity contribution is -0.147. The molecule has 1 aliphatic rings. The molecule has 0 bridgehead atoms. The number of hydrogen-bond donors (Lipinski definition) is 1. The van der Waals surface area contributed by atoms with Gasteiger partial charge in [0.25, 0.3) is 0 Å². The van der Waals surface area contributed by atoms with Gasteiger partial charge in [0.05, 0.1) is 5.41 Å². The fourth-order valence-electron chi connectivity index (χ4n) is 2.34. The number of aliphatic carboxylic acids is 1. The van der Waals surface area contributed by atoms with E-state index in [1.165, 1.54) is 25.9 Å². The maximum Gasteiger partial charge on any atom is 0.309 e. The lowest BCUT2D eigenvalue weighted by Crippen LogP contribution is -2.35. The molecule has 3 nitrogen and oxygen atoms in total. The highest BCUT2D eigenvalue weighted by molar-refractivity contribution is 5.73. The van der Waals surface area contributed by atoms with Crippen molar-refractivity contribution >= 4 is 5.97 Å². The van der Waals surface area contributed by atoms with E-state index < -0.39 is 11.4 Å². The zero-order chi connectivity index (χ0) is 12.2. The predicted octanol–water partition coefficient (Wildman–Crippen LogP) is 2.61. The molecule has 0 saturated carbocycles. The van der Waals surface area contributed by atoms with Crippen LogP contribution in [-0.4, -0.2) is 35.6 Å². The lowest BCUT2D eigenvalue weighted by atomic mass is 9.88. The molecule has 0 aromatic carbocycles. The van der Waals surface area contributed by atoms with Crippen LogP contribution in [0.2, 0.25) is 0 Å². The van der Waals surface area contributed by atoms with Gasteiger partial charge in [0, 0.05) is 6.54 Å². The highest BCUT2D eigenvalue weighted by atomic mass is 16.4. The van der Waals surface area contributed by atoms with Crippen LogP contribution in [0.15, 0.2) is 0 Å². The molecule has 1 fully saturated rings. The molecular weight excluding hydrogens is 202 g/mol. The maximum absolute atomic E-state index is 10.9. The monoisotopic (exact) mass is 227 g/mol. The van der Waals surface area contributed by atoms with Crippen LogP contribution in [0.4, 0.5) is 0 Å². The summed E-state index contributed by atoms with van der Waals surface area (Å²) in [7, 11) is 0. The molecular formula is C13H25NO2. The number of nitrogens with zero attached hydrogens (tertiary/aromatic N) is 1.